The van der Waals surface area contributed by atoms with E-state index in [1.165, 1.54) is 0 Å². The summed E-state index contributed by atoms with van der Waals surface area (Å²) in [4.78, 5) is 16.8. The minimum atomic E-state index is -0.233. The predicted molar refractivity (Wildman–Crippen MR) is 97.6 cm³/mol. The van der Waals surface area contributed by atoms with Crippen molar-refractivity contribution in [1.82, 2.24) is 10.3 Å². The summed E-state index contributed by atoms with van der Waals surface area (Å²) in [5.41, 5.74) is 2.60. The number of aromatic nitrogens is 1. The Balaban J connectivity index is 1.84. The second-order valence-corrected chi connectivity index (χ2v) is 5.56. The van der Waals surface area contributed by atoms with Crippen molar-refractivity contribution in [2.45, 2.75) is 13.0 Å². The summed E-state index contributed by atoms with van der Waals surface area (Å²) in [5, 5.41) is 3.11. The zero-order valence-electron chi connectivity index (χ0n) is 14.1. The number of hydrogen-bond donors (Lipinski definition) is 1. The quantitative estimate of drug-likeness (QED) is 0.742. The number of nitrogens with one attached hydrogen (secondary N) is 1. The van der Waals surface area contributed by atoms with Gasteiger partial charge in [0.1, 0.15) is 5.75 Å². The molecule has 4 heteroatoms. The fraction of sp³-hybridized carbons (Fsp3) is 0.143. The standard InChI is InChI=1S/C21H20N2O2/c1-2-25-19-10-8-18(9-11-19)21(24)23-20(16-6-4-3-5-7-16)17-12-14-22-15-13-17/h3-15,20H,2H2,1H3,(H,23,24). The third-order valence-electron chi connectivity index (χ3n) is 3.88. The molecule has 1 unspecified atom stereocenters. The molecule has 1 heterocycles. The van der Waals surface area contributed by atoms with Crippen molar-refractivity contribution < 1.29 is 9.53 Å². The van der Waals surface area contributed by atoms with Crippen molar-refractivity contribution in [3.8, 4) is 5.75 Å². The zero-order chi connectivity index (χ0) is 17.5. The highest BCUT2D eigenvalue weighted by Gasteiger charge is 2.17. The van der Waals surface area contributed by atoms with Crippen molar-refractivity contribution in [3.05, 3.63) is 95.8 Å². The van der Waals surface area contributed by atoms with Gasteiger partial charge in [-0.1, -0.05) is 30.3 Å². The maximum atomic E-state index is 12.7. The average Bonchev–Trinajstić information content (AvgIpc) is 2.68. The van der Waals surface area contributed by atoms with Crippen LogP contribution < -0.4 is 10.1 Å². The van der Waals surface area contributed by atoms with Crippen LogP contribution in [0.1, 0.15) is 34.5 Å². The number of carbonyl (C=O) groups is 1. The molecule has 0 bridgehead atoms. The van der Waals surface area contributed by atoms with E-state index < -0.39 is 0 Å². The SMILES string of the molecule is CCOc1ccc(C(=O)NC(c2ccccc2)c2ccncc2)cc1. The van der Waals surface area contributed by atoms with Gasteiger partial charge in [-0.25, -0.2) is 0 Å². The fourth-order valence-electron chi connectivity index (χ4n) is 2.64. The molecule has 0 saturated heterocycles. The van der Waals surface area contributed by atoms with Crippen LogP contribution in [0.3, 0.4) is 0 Å². The van der Waals surface area contributed by atoms with Gasteiger partial charge in [-0.05, 0) is 54.4 Å². The number of ether oxygens (including phenoxy) is 1. The average molecular weight is 332 g/mol. The van der Waals surface area contributed by atoms with Crippen molar-refractivity contribution >= 4 is 5.91 Å². The molecule has 0 saturated carbocycles. The highest BCUT2D eigenvalue weighted by Crippen LogP contribution is 2.22. The zero-order valence-corrected chi connectivity index (χ0v) is 14.1. The van der Waals surface area contributed by atoms with Crippen LogP contribution in [0.4, 0.5) is 0 Å². The Labute approximate surface area is 147 Å². The number of benzene rings is 2. The minimum Gasteiger partial charge on any atom is -0.494 e. The van der Waals surface area contributed by atoms with Gasteiger partial charge in [0.15, 0.2) is 0 Å². The number of pyridine rings is 1. The Bertz CT molecular complexity index is 763. The molecule has 126 valence electrons. The van der Waals surface area contributed by atoms with E-state index in [-0.39, 0.29) is 11.9 Å². The molecule has 3 rings (SSSR count). The lowest BCUT2D eigenvalue weighted by atomic mass is 9.99. The van der Waals surface area contributed by atoms with Gasteiger partial charge in [0.2, 0.25) is 0 Å². The Morgan fingerprint density at radius 2 is 1.60 bits per heavy atom. The molecule has 3 aromatic rings. The highest BCUT2D eigenvalue weighted by molar-refractivity contribution is 5.94. The number of hydrogen-bond acceptors (Lipinski definition) is 3. The van der Waals surface area contributed by atoms with Crippen molar-refractivity contribution in [3.63, 3.8) is 0 Å². The van der Waals surface area contributed by atoms with Gasteiger partial charge in [0.05, 0.1) is 12.6 Å². The third kappa shape index (κ3) is 4.23. The summed E-state index contributed by atoms with van der Waals surface area (Å²) in [7, 11) is 0. The van der Waals surface area contributed by atoms with Crippen LogP contribution in [-0.2, 0) is 0 Å². The van der Waals surface area contributed by atoms with Gasteiger partial charge >= 0.3 is 0 Å². The van der Waals surface area contributed by atoms with E-state index in [0.717, 1.165) is 16.9 Å². The molecule has 1 atom stereocenters. The lowest BCUT2D eigenvalue weighted by Gasteiger charge is -2.20. The number of carbonyl (C=O) groups excluding carboxylic acids is 1. The first kappa shape index (κ1) is 16.7. The van der Waals surface area contributed by atoms with Crippen molar-refractivity contribution in [1.29, 1.82) is 0 Å². The summed E-state index contributed by atoms with van der Waals surface area (Å²) in [6.07, 6.45) is 3.46. The first-order chi connectivity index (χ1) is 12.3. The van der Waals surface area contributed by atoms with Crippen LogP contribution in [0.2, 0.25) is 0 Å². The van der Waals surface area contributed by atoms with Crippen LogP contribution >= 0.6 is 0 Å². The molecule has 1 amide bonds. The Hall–Kier alpha value is -3.14. The molecule has 0 aliphatic rings. The van der Waals surface area contributed by atoms with Gasteiger partial charge in [-0.2, -0.15) is 0 Å². The molecule has 1 aromatic heterocycles. The predicted octanol–water partition coefficient (Wildman–Crippen LogP) is 4.00. The van der Waals surface area contributed by atoms with E-state index in [0.29, 0.717) is 12.2 Å². The molecule has 25 heavy (non-hydrogen) atoms. The Kier molecular flexibility index (Phi) is 5.42. The number of rotatable bonds is 6. The molecule has 4 nitrogen and oxygen atoms in total. The maximum absolute atomic E-state index is 12.7. The largest absolute Gasteiger partial charge is 0.494 e. The van der Waals surface area contributed by atoms with Gasteiger partial charge < -0.3 is 10.1 Å². The van der Waals surface area contributed by atoms with E-state index in [1.807, 2.05) is 61.5 Å². The van der Waals surface area contributed by atoms with Crippen molar-refractivity contribution in [2.75, 3.05) is 6.61 Å². The molecular weight excluding hydrogens is 312 g/mol. The summed E-state index contributed by atoms with van der Waals surface area (Å²) >= 11 is 0. The van der Waals surface area contributed by atoms with E-state index in [2.05, 4.69) is 10.3 Å². The lowest BCUT2D eigenvalue weighted by Crippen LogP contribution is -2.29. The maximum Gasteiger partial charge on any atom is 0.252 e. The van der Waals surface area contributed by atoms with Crippen LogP contribution in [0, 0.1) is 0 Å². The fourth-order valence-corrected chi connectivity index (χ4v) is 2.64. The first-order valence-corrected chi connectivity index (χ1v) is 8.26. The lowest BCUT2D eigenvalue weighted by molar-refractivity contribution is 0.0943. The van der Waals surface area contributed by atoms with Gasteiger partial charge in [-0.3, -0.25) is 9.78 Å². The van der Waals surface area contributed by atoms with E-state index in [9.17, 15) is 4.79 Å². The summed E-state index contributed by atoms with van der Waals surface area (Å²) < 4.78 is 5.42. The molecule has 0 fully saturated rings. The number of nitrogens with zero attached hydrogens (tertiary/aromatic N) is 1. The summed E-state index contributed by atoms with van der Waals surface area (Å²) in [6.45, 7) is 2.53. The second-order valence-electron chi connectivity index (χ2n) is 5.56. The minimum absolute atomic E-state index is 0.131. The topological polar surface area (TPSA) is 51.2 Å². The third-order valence-corrected chi connectivity index (χ3v) is 3.88. The van der Waals surface area contributed by atoms with E-state index in [4.69, 9.17) is 4.74 Å². The Morgan fingerprint density at radius 1 is 0.960 bits per heavy atom. The second kappa shape index (κ2) is 8.11. The molecule has 0 aliphatic heterocycles. The molecule has 0 spiro atoms. The number of amides is 1. The smallest absolute Gasteiger partial charge is 0.252 e. The normalized spacial score (nSPS) is 11.6. The van der Waals surface area contributed by atoms with Gasteiger partial charge in [-0.15, -0.1) is 0 Å². The monoisotopic (exact) mass is 332 g/mol. The van der Waals surface area contributed by atoms with Gasteiger partial charge in [0, 0.05) is 18.0 Å². The van der Waals surface area contributed by atoms with E-state index in [1.54, 1.807) is 24.5 Å². The molecular formula is C21H20N2O2. The molecule has 2 aromatic carbocycles. The molecule has 0 radical (unpaired) electrons. The first-order valence-electron chi connectivity index (χ1n) is 8.26. The van der Waals surface area contributed by atoms with Crippen LogP contribution in [-0.4, -0.2) is 17.5 Å². The Morgan fingerprint density at radius 3 is 2.24 bits per heavy atom. The summed E-state index contributed by atoms with van der Waals surface area (Å²) in [5.74, 6) is 0.626. The summed E-state index contributed by atoms with van der Waals surface area (Å²) in [6, 6.07) is 20.7. The van der Waals surface area contributed by atoms with Crippen molar-refractivity contribution in [2.24, 2.45) is 0 Å². The van der Waals surface area contributed by atoms with Crippen LogP contribution in [0.5, 0.6) is 5.75 Å². The van der Waals surface area contributed by atoms with Gasteiger partial charge in [0.25, 0.3) is 5.91 Å². The highest BCUT2D eigenvalue weighted by atomic mass is 16.5. The van der Waals surface area contributed by atoms with E-state index >= 15 is 0 Å². The van der Waals surface area contributed by atoms with Crippen LogP contribution in [0.15, 0.2) is 79.1 Å². The van der Waals surface area contributed by atoms with Crippen LogP contribution in [0.25, 0.3) is 0 Å². The molecule has 0 aliphatic carbocycles. The molecule has 1 N–H and O–H groups in total.